The predicted octanol–water partition coefficient (Wildman–Crippen LogP) is 3.00. The van der Waals surface area contributed by atoms with E-state index in [1.807, 2.05) is 36.2 Å². The summed E-state index contributed by atoms with van der Waals surface area (Å²) in [5.74, 6) is 0.109. The molecule has 6 heteroatoms. The number of hydrogen-bond donors (Lipinski definition) is 2. The number of benzene rings is 1. The minimum Gasteiger partial charge on any atom is -0.364 e. The van der Waals surface area contributed by atoms with Crippen LogP contribution in [0.2, 0.25) is 0 Å². The molecule has 0 unspecified atom stereocenters. The second-order valence-corrected chi connectivity index (χ2v) is 6.14. The van der Waals surface area contributed by atoms with Crippen LogP contribution in [0.1, 0.15) is 40.9 Å². The molecule has 3 aromatic rings. The smallest absolute Gasteiger partial charge is 0.269 e. The average molecular weight is 333 g/mol. The zero-order chi connectivity index (χ0) is 17.4. The highest BCUT2D eigenvalue weighted by Gasteiger charge is 2.21. The topological polar surface area (TPSA) is 87.9 Å². The number of nitrogens with one attached hydrogen (secondary N) is 1. The highest BCUT2D eigenvalue weighted by Crippen LogP contribution is 2.31. The van der Waals surface area contributed by atoms with E-state index in [0.29, 0.717) is 18.1 Å². The Bertz CT molecular complexity index is 989. The van der Waals surface area contributed by atoms with Crippen LogP contribution in [0.3, 0.4) is 0 Å². The Morgan fingerprint density at radius 3 is 3.00 bits per heavy atom. The van der Waals surface area contributed by atoms with Crippen molar-refractivity contribution in [1.82, 2.24) is 15.0 Å². The molecule has 126 valence electrons. The Hall–Kier alpha value is -3.15. The number of carbonyl (C=O) groups is 1. The number of aryl methyl sites for hydroxylation is 1. The molecule has 0 bridgehead atoms. The number of rotatable bonds is 4. The van der Waals surface area contributed by atoms with Crippen molar-refractivity contribution in [3.63, 3.8) is 0 Å². The minimum atomic E-state index is -0.536. The van der Waals surface area contributed by atoms with Gasteiger partial charge in [0.15, 0.2) is 5.69 Å². The van der Waals surface area contributed by atoms with E-state index in [9.17, 15) is 4.79 Å². The van der Waals surface area contributed by atoms with Gasteiger partial charge in [-0.2, -0.15) is 0 Å². The summed E-state index contributed by atoms with van der Waals surface area (Å²) in [5, 5.41) is 1.19. The molecular formula is C19H19N5O. The summed E-state index contributed by atoms with van der Waals surface area (Å²) in [6.45, 7) is 2.66. The van der Waals surface area contributed by atoms with E-state index in [2.05, 4.69) is 27.1 Å². The minimum absolute atomic E-state index is 0.266. The van der Waals surface area contributed by atoms with Crippen molar-refractivity contribution in [3.8, 4) is 0 Å². The van der Waals surface area contributed by atoms with Crippen LogP contribution in [0.4, 0.5) is 5.69 Å². The van der Waals surface area contributed by atoms with Crippen LogP contribution in [0, 0.1) is 0 Å². The summed E-state index contributed by atoms with van der Waals surface area (Å²) in [5.41, 5.74) is 9.82. The van der Waals surface area contributed by atoms with Crippen molar-refractivity contribution in [2.24, 2.45) is 5.73 Å². The van der Waals surface area contributed by atoms with E-state index in [0.717, 1.165) is 24.1 Å². The van der Waals surface area contributed by atoms with Gasteiger partial charge in [-0.15, -0.1) is 0 Å². The Balaban J connectivity index is 1.73. The first-order valence-corrected chi connectivity index (χ1v) is 8.37. The highest BCUT2D eigenvalue weighted by atomic mass is 16.1. The van der Waals surface area contributed by atoms with Crippen molar-refractivity contribution in [1.29, 1.82) is 0 Å². The van der Waals surface area contributed by atoms with Gasteiger partial charge in [0.25, 0.3) is 5.91 Å². The third kappa shape index (κ3) is 2.65. The summed E-state index contributed by atoms with van der Waals surface area (Å²) in [6, 6.07) is 8.20. The lowest BCUT2D eigenvalue weighted by Crippen LogP contribution is -2.25. The normalized spacial score (nSPS) is 13.2. The van der Waals surface area contributed by atoms with Crippen LogP contribution < -0.4 is 10.6 Å². The quantitative estimate of drug-likeness (QED) is 0.768. The molecule has 1 amide bonds. The van der Waals surface area contributed by atoms with Gasteiger partial charge in [-0.1, -0.05) is 25.1 Å². The van der Waals surface area contributed by atoms with E-state index < -0.39 is 5.91 Å². The largest absolute Gasteiger partial charge is 0.364 e. The zero-order valence-corrected chi connectivity index (χ0v) is 14.0. The van der Waals surface area contributed by atoms with Gasteiger partial charge in [-0.05, 0) is 18.6 Å². The number of aromatic nitrogens is 3. The lowest BCUT2D eigenvalue weighted by Gasteiger charge is -2.24. The van der Waals surface area contributed by atoms with Crippen LogP contribution in [0.5, 0.6) is 0 Å². The molecule has 1 aliphatic heterocycles. The number of H-pyrrole nitrogens is 1. The van der Waals surface area contributed by atoms with E-state index >= 15 is 0 Å². The van der Waals surface area contributed by atoms with Gasteiger partial charge in [0.05, 0.1) is 18.4 Å². The molecule has 0 saturated carbocycles. The third-order valence-electron chi connectivity index (χ3n) is 4.41. The molecule has 6 nitrogen and oxygen atoms in total. The lowest BCUT2D eigenvalue weighted by molar-refractivity contribution is 0.0995. The molecule has 0 spiro atoms. The number of para-hydroxylation sites is 1. The van der Waals surface area contributed by atoms with Gasteiger partial charge >= 0.3 is 0 Å². The number of aromatic amines is 1. The summed E-state index contributed by atoms with van der Waals surface area (Å²) >= 11 is 0. The summed E-state index contributed by atoms with van der Waals surface area (Å²) in [7, 11) is 0. The summed E-state index contributed by atoms with van der Waals surface area (Å²) < 4.78 is 0. The maximum Gasteiger partial charge on any atom is 0.269 e. The molecule has 25 heavy (non-hydrogen) atoms. The fourth-order valence-electron chi connectivity index (χ4n) is 3.24. The van der Waals surface area contributed by atoms with Crippen molar-refractivity contribution >= 4 is 28.6 Å². The number of nitrogens with two attached hydrogens (primary N) is 1. The molecular weight excluding hydrogens is 314 g/mol. The SMILES string of the molecule is CCCc1ncc(N2C=Cc3c([nH]c4ccccc34)C2)c(C(N)=O)n1. The van der Waals surface area contributed by atoms with Gasteiger partial charge in [0, 0.05) is 34.8 Å². The zero-order valence-electron chi connectivity index (χ0n) is 14.0. The van der Waals surface area contributed by atoms with E-state index in [1.165, 1.54) is 10.9 Å². The van der Waals surface area contributed by atoms with Crippen LogP contribution in [0.15, 0.2) is 36.7 Å². The molecule has 4 rings (SSSR count). The van der Waals surface area contributed by atoms with Gasteiger partial charge in [-0.3, -0.25) is 4.79 Å². The molecule has 0 saturated heterocycles. The molecule has 1 aliphatic rings. The maximum atomic E-state index is 11.9. The number of nitrogens with zero attached hydrogens (tertiary/aromatic N) is 3. The number of amides is 1. The fraction of sp³-hybridized carbons (Fsp3) is 0.211. The summed E-state index contributed by atoms with van der Waals surface area (Å²) in [6.07, 6.45) is 7.33. The number of fused-ring (bicyclic) bond motifs is 3. The van der Waals surface area contributed by atoms with E-state index in [1.54, 1.807) is 6.20 Å². The molecule has 0 radical (unpaired) electrons. The Morgan fingerprint density at radius 1 is 1.36 bits per heavy atom. The van der Waals surface area contributed by atoms with Gasteiger partial charge in [0.1, 0.15) is 5.82 Å². The molecule has 0 aliphatic carbocycles. The second kappa shape index (κ2) is 6.05. The van der Waals surface area contributed by atoms with Crippen LogP contribution >= 0.6 is 0 Å². The number of anilines is 1. The molecule has 1 aromatic carbocycles. The molecule has 0 atom stereocenters. The molecule has 0 fully saturated rings. The van der Waals surface area contributed by atoms with E-state index in [4.69, 9.17) is 5.73 Å². The van der Waals surface area contributed by atoms with E-state index in [-0.39, 0.29) is 5.69 Å². The number of hydrogen-bond acceptors (Lipinski definition) is 4. The Kier molecular flexibility index (Phi) is 3.72. The standard InChI is InChI=1S/C19H19N5O/c1-2-5-17-21-10-16(18(23-17)19(20)25)24-9-8-13-12-6-3-4-7-14(12)22-15(13)11-24/h3-4,6-10,22H,2,5,11H2,1H3,(H2,20,25). The number of carbonyl (C=O) groups excluding carboxylic acids is 1. The monoisotopic (exact) mass is 333 g/mol. The Morgan fingerprint density at radius 2 is 2.20 bits per heavy atom. The van der Waals surface area contributed by atoms with Crippen molar-refractivity contribution in [2.45, 2.75) is 26.3 Å². The fourth-order valence-corrected chi connectivity index (χ4v) is 3.24. The number of primary amides is 1. The van der Waals surface area contributed by atoms with Gasteiger partial charge < -0.3 is 15.6 Å². The van der Waals surface area contributed by atoms with Gasteiger partial charge in [-0.25, -0.2) is 9.97 Å². The maximum absolute atomic E-state index is 11.9. The summed E-state index contributed by atoms with van der Waals surface area (Å²) in [4.78, 5) is 26.0. The van der Waals surface area contributed by atoms with Crippen molar-refractivity contribution in [3.05, 3.63) is 59.4 Å². The predicted molar refractivity (Wildman–Crippen MR) is 98.1 cm³/mol. The van der Waals surface area contributed by atoms with Crippen LogP contribution in [-0.4, -0.2) is 20.9 Å². The molecule has 2 aromatic heterocycles. The van der Waals surface area contributed by atoms with Crippen LogP contribution in [0.25, 0.3) is 17.0 Å². The van der Waals surface area contributed by atoms with Crippen molar-refractivity contribution < 1.29 is 4.79 Å². The third-order valence-corrected chi connectivity index (χ3v) is 4.41. The molecule has 3 heterocycles. The Labute approximate surface area is 145 Å². The van der Waals surface area contributed by atoms with Crippen LogP contribution in [-0.2, 0) is 13.0 Å². The first kappa shape index (κ1) is 15.4. The molecule has 3 N–H and O–H groups in total. The highest BCUT2D eigenvalue weighted by molar-refractivity contribution is 5.97. The first-order chi connectivity index (χ1) is 12.2. The van der Waals surface area contributed by atoms with Crippen molar-refractivity contribution in [2.75, 3.05) is 4.90 Å². The van der Waals surface area contributed by atoms with Gasteiger partial charge in [0.2, 0.25) is 0 Å². The lowest BCUT2D eigenvalue weighted by atomic mass is 10.1. The second-order valence-electron chi connectivity index (χ2n) is 6.14. The average Bonchev–Trinajstić information content (AvgIpc) is 2.99. The first-order valence-electron chi connectivity index (χ1n) is 8.37.